The Morgan fingerprint density at radius 3 is 1.54 bits per heavy atom. The van der Waals surface area contributed by atoms with Crippen LogP contribution >= 0.6 is 39.5 Å². The Kier molecular flexibility index (Phi) is 12.7. The molecule has 2 aromatic carbocycles. The third-order valence-corrected chi connectivity index (χ3v) is 10.7. The van der Waals surface area contributed by atoms with Crippen LogP contribution in [0.25, 0.3) is 0 Å². The lowest BCUT2D eigenvalue weighted by molar-refractivity contribution is 0.489. The van der Waals surface area contributed by atoms with Crippen molar-refractivity contribution in [3.63, 3.8) is 0 Å². The molecule has 0 unspecified atom stereocenters. The van der Waals surface area contributed by atoms with Gasteiger partial charge in [-0.1, -0.05) is 63.2 Å². The Morgan fingerprint density at radius 2 is 1.12 bits per heavy atom. The molecule has 0 N–H and O–H groups in total. The maximum atomic E-state index is 14.1. The van der Waals surface area contributed by atoms with Crippen molar-refractivity contribution in [3.8, 4) is 0 Å². The first-order valence-corrected chi connectivity index (χ1v) is 18.8. The van der Waals surface area contributed by atoms with E-state index >= 15 is 0 Å². The van der Waals surface area contributed by atoms with Crippen LogP contribution in [0, 0.1) is 32.4 Å². The van der Waals surface area contributed by atoms with E-state index in [0.717, 1.165) is 41.9 Å². The van der Waals surface area contributed by atoms with Gasteiger partial charge in [-0.2, -0.15) is 10.2 Å². The number of nitrogens with zero attached hydrogens (tertiary/aromatic N) is 6. The summed E-state index contributed by atoms with van der Waals surface area (Å²) in [5.41, 5.74) is 6.51. The average molecular weight is 776 g/mol. The molecule has 0 aliphatic carbocycles. The molecule has 4 aromatic heterocycles. The zero-order valence-corrected chi connectivity index (χ0v) is 32.5. The number of halogens is 3. The van der Waals surface area contributed by atoms with Crippen LogP contribution in [0.1, 0.15) is 79.0 Å². The minimum atomic E-state index is -0.280. The molecular formula is C39H41BrF2N6S2. The van der Waals surface area contributed by atoms with Gasteiger partial charge in [0.15, 0.2) is 0 Å². The predicted octanol–water partition coefficient (Wildman–Crippen LogP) is 11.2. The van der Waals surface area contributed by atoms with Gasteiger partial charge < -0.3 is 0 Å². The molecule has 0 radical (unpaired) electrons. The van der Waals surface area contributed by atoms with E-state index in [9.17, 15) is 8.78 Å². The molecule has 0 aliphatic heterocycles. The van der Waals surface area contributed by atoms with E-state index in [-0.39, 0.29) is 23.7 Å². The summed E-state index contributed by atoms with van der Waals surface area (Å²) in [5.74, 6) is -0.552. The Morgan fingerprint density at radius 1 is 0.660 bits per heavy atom. The van der Waals surface area contributed by atoms with Gasteiger partial charge in [-0.25, -0.2) is 8.78 Å². The fourth-order valence-electron chi connectivity index (χ4n) is 5.35. The highest BCUT2D eigenvalue weighted by atomic mass is 79.9. The van der Waals surface area contributed by atoms with Gasteiger partial charge in [-0.15, -0.1) is 0 Å². The second kappa shape index (κ2) is 16.9. The number of rotatable bonds is 10. The van der Waals surface area contributed by atoms with Crippen molar-refractivity contribution in [3.05, 3.63) is 141 Å². The quantitative estimate of drug-likeness (QED) is 0.138. The molecule has 6 aromatic rings. The number of pyridine rings is 2. The summed E-state index contributed by atoms with van der Waals surface area (Å²) in [4.78, 5) is 9.96. The van der Waals surface area contributed by atoms with Crippen molar-refractivity contribution in [2.24, 2.45) is 0 Å². The first-order valence-electron chi connectivity index (χ1n) is 16.4. The molecular weight excluding hydrogens is 735 g/mol. The maximum Gasteiger partial charge on any atom is 0.145 e. The molecule has 0 aliphatic rings. The van der Waals surface area contributed by atoms with Gasteiger partial charge in [-0.3, -0.25) is 19.3 Å². The number of aromatic nitrogens is 6. The zero-order chi connectivity index (χ0) is 35.9. The molecule has 4 heterocycles. The molecule has 11 heteroatoms. The first-order chi connectivity index (χ1) is 23.9. The van der Waals surface area contributed by atoms with Crippen LogP contribution in [0.15, 0.2) is 110 Å². The van der Waals surface area contributed by atoms with Gasteiger partial charge in [0.25, 0.3) is 0 Å². The van der Waals surface area contributed by atoms with Crippen LogP contribution in [0.4, 0.5) is 8.78 Å². The standard InChI is InChI=1S/C20H22FN3S.C19H19BrFN3S/c1-13(2)24-20(25-17-7-5-6-14(3)10-17)18(15(4)23-24)11-16-8-9-22-12-19(16)21;1-12(2)24-19(25-16-6-4-5-15(20)10-16)17(13(3)23-24)9-14-7-8-22-11-18(14)21/h5-10,12-13H,11H2,1-4H3;4-8,10-12H,9H2,1-3H3. The molecule has 0 atom stereocenters. The van der Waals surface area contributed by atoms with E-state index in [1.165, 1.54) is 22.9 Å². The minimum absolute atomic E-state index is 0.226. The Balaban J connectivity index is 0.000000194. The van der Waals surface area contributed by atoms with Crippen LogP contribution in [0.2, 0.25) is 0 Å². The summed E-state index contributed by atoms with van der Waals surface area (Å²) >= 11 is 6.87. The van der Waals surface area contributed by atoms with E-state index in [1.54, 1.807) is 48.1 Å². The van der Waals surface area contributed by atoms with Crippen molar-refractivity contribution >= 4 is 39.5 Å². The van der Waals surface area contributed by atoms with Crippen LogP contribution in [-0.2, 0) is 12.8 Å². The predicted molar refractivity (Wildman–Crippen MR) is 202 cm³/mol. The third-order valence-electron chi connectivity index (χ3n) is 7.96. The van der Waals surface area contributed by atoms with Crippen LogP contribution in [0.3, 0.4) is 0 Å². The molecule has 6 rings (SSSR count). The number of benzene rings is 2. The lowest BCUT2D eigenvalue weighted by atomic mass is 10.1. The molecule has 0 saturated carbocycles. The van der Waals surface area contributed by atoms with Crippen molar-refractivity contribution in [2.75, 3.05) is 0 Å². The molecule has 0 bridgehead atoms. The summed E-state index contributed by atoms with van der Waals surface area (Å²) in [6.45, 7) is 14.5. The molecule has 260 valence electrons. The highest BCUT2D eigenvalue weighted by Gasteiger charge is 2.21. The van der Waals surface area contributed by atoms with E-state index < -0.39 is 0 Å². The lowest BCUT2D eigenvalue weighted by Gasteiger charge is -2.13. The van der Waals surface area contributed by atoms with E-state index in [1.807, 2.05) is 35.3 Å². The van der Waals surface area contributed by atoms with Crippen LogP contribution < -0.4 is 0 Å². The van der Waals surface area contributed by atoms with Crippen molar-refractivity contribution in [2.45, 2.75) is 93.2 Å². The lowest BCUT2D eigenvalue weighted by Crippen LogP contribution is -2.05. The van der Waals surface area contributed by atoms with E-state index in [2.05, 4.69) is 96.9 Å². The summed E-state index contributed by atoms with van der Waals surface area (Å²) in [6, 6.07) is 20.5. The summed E-state index contributed by atoms with van der Waals surface area (Å²) in [5, 5.41) is 11.5. The van der Waals surface area contributed by atoms with Gasteiger partial charge in [-0.05, 0) is 102 Å². The molecule has 0 fully saturated rings. The molecule has 0 spiro atoms. The molecule has 6 nitrogen and oxygen atoms in total. The SMILES string of the molecule is Cc1cccc(Sc2c(Cc3ccncc3F)c(C)nn2C(C)C)c1.Cc1nn(C(C)C)c(Sc2cccc(Br)c2)c1Cc1ccncc1F. The normalized spacial score (nSPS) is 11.3. The van der Waals surface area contributed by atoms with Crippen LogP contribution in [0.5, 0.6) is 0 Å². The maximum absolute atomic E-state index is 14.1. The van der Waals surface area contributed by atoms with Gasteiger partial charge in [0, 0.05) is 62.7 Å². The van der Waals surface area contributed by atoms with Crippen LogP contribution in [-0.4, -0.2) is 29.5 Å². The smallest absolute Gasteiger partial charge is 0.145 e. The fourth-order valence-corrected chi connectivity index (χ4v) is 8.45. The van der Waals surface area contributed by atoms with Gasteiger partial charge >= 0.3 is 0 Å². The largest absolute Gasteiger partial charge is 0.262 e. The fraction of sp³-hybridized carbons (Fsp3) is 0.282. The molecule has 0 amide bonds. The number of aryl methyl sites for hydroxylation is 3. The van der Waals surface area contributed by atoms with Gasteiger partial charge in [0.2, 0.25) is 0 Å². The van der Waals surface area contributed by atoms with E-state index in [0.29, 0.717) is 24.0 Å². The average Bonchev–Trinajstić information content (AvgIpc) is 3.54. The Hall–Kier alpha value is -3.80. The Bertz CT molecular complexity index is 1930. The van der Waals surface area contributed by atoms with E-state index in [4.69, 9.17) is 10.2 Å². The summed E-state index contributed by atoms with van der Waals surface area (Å²) in [7, 11) is 0. The monoisotopic (exact) mass is 774 g/mol. The van der Waals surface area contributed by atoms with Gasteiger partial charge in [0.1, 0.15) is 21.7 Å². The topological polar surface area (TPSA) is 61.4 Å². The number of hydrogen-bond acceptors (Lipinski definition) is 6. The summed E-state index contributed by atoms with van der Waals surface area (Å²) in [6.07, 6.45) is 6.81. The van der Waals surface area contributed by atoms with Crippen molar-refractivity contribution in [1.82, 2.24) is 29.5 Å². The second-order valence-corrected chi connectivity index (χ2v) is 15.6. The second-order valence-electron chi connectivity index (χ2n) is 12.6. The number of hydrogen-bond donors (Lipinski definition) is 0. The highest BCUT2D eigenvalue weighted by molar-refractivity contribution is 9.10. The van der Waals surface area contributed by atoms with Crippen molar-refractivity contribution in [1.29, 1.82) is 0 Å². The highest BCUT2D eigenvalue weighted by Crippen LogP contribution is 2.37. The molecule has 50 heavy (non-hydrogen) atoms. The molecule has 0 saturated heterocycles. The summed E-state index contributed by atoms with van der Waals surface area (Å²) < 4.78 is 33.3. The minimum Gasteiger partial charge on any atom is -0.262 e. The first kappa shape index (κ1) is 37.5. The van der Waals surface area contributed by atoms with Crippen molar-refractivity contribution < 1.29 is 8.78 Å². The van der Waals surface area contributed by atoms with Gasteiger partial charge in [0.05, 0.1) is 23.8 Å². The Labute approximate surface area is 310 Å². The third kappa shape index (κ3) is 9.30. The zero-order valence-electron chi connectivity index (χ0n) is 29.3.